The summed E-state index contributed by atoms with van der Waals surface area (Å²) in [6.07, 6.45) is 3.88. The minimum Gasteiger partial charge on any atom is -0.396 e. The van der Waals surface area contributed by atoms with Crippen molar-refractivity contribution < 1.29 is 9.84 Å². The molecule has 0 radical (unpaired) electrons. The highest BCUT2D eigenvalue weighted by molar-refractivity contribution is 5.35. The highest BCUT2D eigenvalue weighted by Crippen LogP contribution is 2.37. The fourth-order valence-corrected chi connectivity index (χ4v) is 2.63. The van der Waals surface area contributed by atoms with Crippen molar-refractivity contribution in [2.24, 2.45) is 5.73 Å². The van der Waals surface area contributed by atoms with Crippen LogP contribution in [-0.2, 0) is 16.8 Å². The summed E-state index contributed by atoms with van der Waals surface area (Å²) < 4.78 is 6.00. The molecule has 1 unspecified atom stereocenters. The predicted molar refractivity (Wildman–Crippen MR) is 67.8 cm³/mol. The van der Waals surface area contributed by atoms with Gasteiger partial charge in [0.05, 0.1) is 6.61 Å². The fraction of sp³-hybridized carbons (Fsp3) is 0.571. The Morgan fingerprint density at radius 1 is 1.35 bits per heavy atom. The molecule has 0 aromatic heterocycles. The Labute approximate surface area is 103 Å². The predicted octanol–water partition coefficient (Wildman–Crippen LogP) is 1.58. The van der Waals surface area contributed by atoms with E-state index in [9.17, 15) is 0 Å². The molecule has 0 fully saturated rings. The van der Waals surface area contributed by atoms with Crippen LogP contribution < -0.4 is 5.73 Å². The van der Waals surface area contributed by atoms with Crippen molar-refractivity contribution in [2.45, 2.75) is 31.3 Å². The molecule has 2 rings (SSSR count). The van der Waals surface area contributed by atoms with Crippen molar-refractivity contribution in [3.8, 4) is 0 Å². The van der Waals surface area contributed by atoms with Crippen LogP contribution in [0.25, 0.3) is 0 Å². The van der Waals surface area contributed by atoms with E-state index in [0.29, 0.717) is 19.6 Å². The van der Waals surface area contributed by atoms with Crippen LogP contribution >= 0.6 is 0 Å². The number of ether oxygens (including phenoxy) is 1. The van der Waals surface area contributed by atoms with Gasteiger partial charge in [0.1, 0.15) is 5.60 Å². The first kappa shape index (κ1) is 12.6. The molecular weight excluding hydrogens is 214 g/mol. The van der Waals surface area contributed by atoms with E-state index in [-0.39, 0.29) is 12.2 Å². The lowest BCUT2D eigenvalue weighted by molar-refractivity contribution is -0.0597. The zero-order valence-electron chi connectivity index (χ0n) is 10.2. The summed E-state index contributed by atoms with van der Waals surface area (Å²) >= 11 is 0. The number of aryl methyl sites for hydroxylation is 1. The van der Waals surface area contributed by atoms with E-state index < -0.39 is 0 Å². The first-order chi connectivity index (χ1) is 8.32. The molecule has 3 heteroatoms. The van der Waals surface area contributed by atoms with Crippen molar-refractivity contribution >= 4 is 0 Å². The molecule has 1 atom stereocenters. The number of hydrogen-bond donors (Lipinski definition) is 2. The van der Waals surface area contributed by atoms with Crippen LogP contribution in [-0.4, -0.2) is 24.9 Å². The Bertz CT molecular complexity index is 367. The maximum absolute atomic E-state index is 8.84. The van der Waals surface area contributed by atoms with Crippen molar-refractivity contribution in [1.82, 2.24) is 0 Å². The first-order valence-corrected chi connectivity index (χ1v) is 6.36. The quantitative estimate of drug-likeness (QED) is 0.762. The SMILES string of the molecule is NCC1(OCCCO)CCCc2ccccc21. The number of benzene rings is 1. The molecule has 3 nitrogen and oxygen atoms in total. The molecule has 0 bridgehead atoms. The van der Waals surface area contributed by atoms with Crippen LogP contribution in [0.15, 0.2) is 24.3 Å². The second kappa shape index (κ2) is 5.63. The van der Waals surface area contributed by atoms with Crippen LogP contribution in [0, 0.1) is 0 Å². The third-order valence-electron chi connectivity index (χ3n) is 3.55. The summed E-state index contributed by atoms with van der Waals surface area (Å²) in [5.41, 5.74) is 8.22. The lowest BCUT2D eigenvalue weighted by Crippen LogP contribution is -2.41. The second-order valence-electron chi connectivity index (χ2n) is 4.63. The summed E-state index contributed by atoms with van der Waals surface area (Å²) in [4.78, 5) is 0. The van der Waals surface area contributed by atoms with Gasteiger partial charge in [-0.1, -0.05) is 24.3 Å². The monoisotopic (exact) mass is 235 g/mol. The van der Waals surface area contributed by atoms with E-state index in [4.69, 9.17) is 15.6 Å². The van der Waals surface area contributed by atoms with E-state index >= 15 is 0 Å². The normalized spacial score (nSPS) is 23.4. The van der Waals surface area contributed by atoms with Crippen molar-refractivity contribution in [3.63, 3.8) is 0 Å². The van der Waals surface area contributed by atoms with Gasteiger partial charge in [-0.15, -0.1) is 0 Å². The van der Waals surface area contributed by atoms with Crippen LogP contribution in [0.4, 0.5) is 0 Å². The lowest BCUT2D eigenvalue weighted by Gasteiger charge is -2.38. The van der Waals surface area contributed by atoms with Gasteiger partial charge in [-0.2, -0.15) is 0 Å². The minimum absolute atomic E-state index is 0.169. The molecule has 3 N–H and O–H groups in total. The van der Waals surface area contributed by atoms with Crippen LogP contribution in [0.2, 0.25) is 0 Å². The topological polar surface area (TPSA) is 55.5 Å². The molecule has 17 heavy (non-hydrogen) atoms. The molecule has 0 spiro atoms. The van der Waals surface area contributed by atoms with Crippen molar-refractivity contribution in [2.75, 3.05) is 19.8 Å². The highest BCUT2D eigenvalue weighted by Gasteiger charge is 2.35. The molecular formula is C14H21NO2. The van der Waals surface area contributed by atoms with Crippen LogP contribution in [0.1, 0.15) is 30.4 Å². The van der Waals surface area contributed by atoms with E-state index in [2.05, 4.69) is 18.2 Å². The largest absolute Gasteiger partial charge is 0.396 e. The number of hydrogen-bond acceptors (Lipinski definition) is 3. The number of aliphatic hydroxyl groups is 1. The second-order valence-corrected chi connectivity index (χ2v) is 4.63. The molecule has 94 valence electrons. The molecule has 0 heterocycles. The Morgan fingerprint density at radius 2 is 2.18 bits per heavy atom. The Balaban J connectivity index is 2.22. The average Bonchev–Trinajstić information content (AvgIpc) is 2.39. The molecule has 1 aliphatic rings. The molecule has 1 aromatic rings. The number of fused-ring (bicyclic) bond motifs is 1. The van der Waals surface area contributed by atoms with E-state index in [1.807, 2.05) is 6.07 Å². The standard InChI is InChI=1S/C14H21NO2/c15-11-14(17-10-4-9-16)8-3-6-12-5-1-2-7-13(12)14/h1-2,5,7,16H,3-4,6,8-11,15H2. The van der Waals surface area contributed by atoms with Gasteiger partial charge in [-0.3, -0.25) is 0 Å². The fourth-order valence-electron chi connectivity index (χ4n) is 2.63. The van der Waals surface area contributed by atoms with Crippen molar-refractivity contribution in [1.29, 1.82) is 0 Å². The Kier molecular flexibility index (Phi) is 4.15. The van der Waals surface area contributed by atoms with Crippen LogP contribution in [0.5, 0.6) is 0 Å². The molecule has 0 amide bonds. The van der Waals surface area contributed by atoms with E-state index in [1.54, 1.807) is 0 Å². The number of rotatable bonds is 5. The van der Waals surface area contributed by atoms with Gasteiger partial charge in [0.15, 0.2) is 0 Å². The summed E-state index contributed by atoms with van der Waals surface area (Å²) in [5.74, 6) is 0. The summed E-state index contributed by atoms with van der Waals surface area (Å²) in [5, 5.41) is 8.84. The maximum atomic E-state index is 8.84. The van der Waals surface area contributed by atoms with E-state index in [1.165, 1.54) is 11.1 Å². The third-order valence-corrected chi connectivity index (χ3v) is 3.55. The van der Waals surface area contributed by atoms with Gasteiger partial charge in [0, 0.05) is 13.2 Å². The minimum atomic E-state index is -0.329. The summed E-state index contributed by atoms with van der Waals surface area (Å²) in [6, 6.07) is 8.40. The smallest absolute Gasteiger partial charge is 0.106 e. The van der Waals surface area contributed by atoms with Gasteiger partial charge in [0.25, 0.3) is 0 Å². The summed E-state index contributed by atoms with van der Waals surface area (Å²) in [7, 11) is 0. The maximum Gasteiger partial charge on any atom is 0.106 e. The Morgan fingerprint density at radius 3 is 2.94 bits per heavy atom. The van der Waals surface area contributed by atoms with E-state index in [0.717, 1.165) is 19.3 Å². The van der Waals surface area contributed by atoms with Gasteiger partial charge in [-0.05, 0) is 36.8 Å². The zero-order chi connectivity index (χ0) is 12.1. The highest BCUT2D eigenvalue weighted by atomic mass is 16.5. The van der Waals surface area contributed by atoms with Crippen molar-refractivity contribution in [3.05, 3.63) is 35.4 Å². The number of nitrogens with two attached hydrogens (primary N) is 1. The summed E-state index contributed by atoms with van der Waals surface area (Å²) in [6.45, 7) is 1.25. The van der Waals surface area contributed by atoms with Gasteiger partial charge in [0.2, 0.25) is 0 Å². The molecule has 1 aromatic carbocycles. The molecule has 1 aliphatic carbocycles. The number of aliphatic hydroxyl groups excluding tert-OH is 1. The zero-order valence-corrected chi connectivity index (χ0v) is 10.2. The lowest BCUT2D eigenvalue weighted by atomic mass is 9.79. The van der Waals surface area contributed by atoms with Gasteiger partial charge < -0.3 is 15.6 Å². The van der Waals surface area contributed by atoms with Gasteiger partial charge >= 0.3 is 0 Å². The Hall–Kier alpha value is -0.900. The third kappa shape index (κ3) is 2.51. The molecule has 0 saturated heterocycles. The first-order valence-electron chi connectivity index (χ1n) is 6.36. The molecule has 0 aliphatic heterocycles. The average molecular weight is 235 g/mol. The van der Waals surface area contributed by atoms with Crippen LogP contribution in [0.3, 0.4) is 0 Å². The molecule has 0 saturated carbocycles. The van der Waals surface area contributed by atoms with Gasteiger partial charge in [-0.25, -0.2) is 0 Å².